The minimum atomic E-state index is 0.931. The molecule has 3 nitrogen and oxygen atoms in total. The van der Waals surface area contributed by atoms with E-state index in [1.165, 1.54) is 5.56 Å². The largest absolute Gasteiger partial charge is 0.371 e. The standard InChI is InChI=1S/C9H11N3/c1-7-3-5-12-6-4-11-9(10-2)8(7)12/h3-6H,1-2H3,(H,10,11). The molecule has 0 aromatic carbocycles. The molecule has 12 heavy (non-hydrogen) atoms. The van der Waals surface area contributed by atoms with Crippen LogP contribution in [-0.4, -0.2) is 16.4 Å². The summed E-state index contributed by atoms with van der Waals surface area (Å²) >= 11 is 0. The van der Waals surface area contributed by atoms with Crippen LogP contribution in [0.3, 0.4) is 0 Å². The zero-order valence-electron chi connectivity index (χ0n) is 7.20. The molecule has 0 bridgehead atoms. The predicted octanol–water partition coefficient (Wildman–Crippen LogP) is 1.68. The molecule has 2 rings (SSSR count). The predicted molar refractivity (Wildman–Crippen MR) is 49.5 cm³/mol. The second kappa shape index (κ2) is 2.52. The monoisotopic (exact) mass is 161 g/mol. The Hall–Kier alpha value is -1.51. The van der Waals surface area contributed by atoms with E-state index in [1.54, 1.807) is 6.20 Å². The average Bonchev–Trinajstić information content (AvgIpc) is 2.48. The highest BCUT2D eigenvalue weighted by molar-refractivity contribution is 5.71. The molecule has 0 atom stereocenters. The number of hydrogen-bond donors (Lipinski definition) is 1. The fourth-order valence-corrected chi connectivity index (χ4v) is 1.41. The summed E-state index contributed by atoms with van der Waals surface area (Å²) in [6.45, 7) is 2.08. The molecule has 2 aromatic heterocycles. The molecule has 0 aliphatic rings. The van der Waals surface area contributed by atoms with E-state index in [9.17, 15) is 0 Å². The van der Waals surface area contributed by atoms with E-state index in [1.807, 2.05) is 19.4 Å². The van der Waals surface area contributed by atoms with Gasteiger partial charge in [0.1, 0.15) is 5.82 Å². The molecular weight excluding hydrogens is 150 g/mol. The van der Waals surface area contributed by atoms with Gasteiger partial charge in [-0.1, -0.05) is 0 Å². The molecule has 3 heteroatoms. The summed E-state index contributed by atoms with van der Waals surface area (Å²) in [4.78, 5) is 4.23. The molecule has 0 saturated heterocycles. The van der Waals surface area contributed by atoms with Crippen molar-refractivity contribution in [3.63, 3.8) is 0 Å². The van der Waals surface area contributed by atoms with Crippen LogP contribution in [0.4, 0.5) is 5.82 Å². The van der Waals surface area contributed by atoms with E-state index >= 15 is 0 Å². The lowest BCUT2D eigenvalue weighted by Gasteiger charge is -2.02. The van der Waals surface area contributed by atoms with Gasteiger partial charge in [-0.3, -0.25) is 0 Å². The molecule has 2 aromatic rings. The highest BCUT2D eigenvalue weighted by Crippen LogP contribution is 2.17. The number of nitrogens with zero attached hydrogens (tertiary/aromatic N) is 2. The van der Waals surface area contributed by atoms with E-state index in [2.05, 4.69) is 27.7 Å². The number of anilines is 1. The van der Waals surface area contributed by atoms with Gasteiger partial charge in [0.25, 0.3) is 0 Å². The lowest BCUT2D eigenvalue weighted by Crippen LogP contribution is -1.95. The molecule has 0 fully saturated rings. The van der Waals surface area contributed by atoms with Crippen LogP contribution < -0.4 is 5.32 Å². The van der Waals surface area contributed by atoms with E-state index in [-0.39, 0.29) is 0 Å². The zero-order chi connectivity index (χ0) is 8.55. The maximum Gasteiger partial charge on any atom is 0.150 e. The molecule has 62 valence electrons. The topological polar surface area (TPSA) is 29.3 Å². The van der Waals surface area contributed by atoms with Crippen LogP contribution in [0.2, 0.25) is 0 Å². The molecule has 0 saturated carbocycles. The second-order valence-corrected chi connectivity index (χ2v) is 2.78. The minimum Gasteiger partial charge on any atom is -0.371 e. The number of aromatic nitrogens is 2. The molecule has 0 spiro atoms. The summed E-state index contributed by atoms with van der Waals surface area (Å²) in [7, 11) is 1.88. The van der Waals surface area contributed by atoms with Gasteiger partial charge in [0.15, 0.2) is 0 Å². The lowest BCUT2D eigenvalue weighted by atomic mass is 10.3. The highest BCUT2D eigenvalue weighted by Gasteiger charge is 2.02. The first-order valence-electron chi connectivity index (χ1n) is 3.93. The first-order chi connectivity index (χ1) is 5.83. The molecule has 0 amide bonds. The van der Waals surface area contributed by atoms with Crippen LogP contribution in [0, 0.1) is 6.92 Å². The number of fused-ring (bicyclic) bond motifs is 1. The summed E-state index contributed by atoms with van der Waals surface area (Å²) < 4.78 is 2.06. The van der Waals surface area contributed by atoms with Crippen molar-refractivity contribution in [1.29, 1.82) is 0 Å². The number of hydrogen-bond acceptors (Lipinski definition) is 2. The molecule has 0 radical (unpaired) electrons. The summed E-state index contributed by atoms with van der Waals surface area (Å²) in [5.74, 6) is 0.931. The quantitative estimate of drug-likeness (QED) is 0.689. The maximum absolute atomic E-state index is 4.23. The molecule has 2 heterocycles. The Morgan fingerprint density at radius 1 is 1.42 bits per heavy atom. The zero-order valence-corrected chi connectivity index (χ0v) is 7.20. The van der Waals surface area contributed by atoms with Crippen molar-refractivity contribution >= 4 is 11.3 Å². The van der Waals surface area contributed by atoms with Crippen molar-refractivity contribution in [2.75, 3.05) is 12.4 Å². The Kier molecular flexibility index (Phi) is 1.50. The second-order valence-electron chi connectivity index (χ2n) is 2.78. The highest BCUT2D eigenvalue weighted by atomic mass is 15.0. The van der Waals surface area contributed by atoms with Gasteiger partial charge in [-0.25, -0.2) is 4.98 Å². The number of rotatable bonds is 1. The fourth-order valence-electron chi connectivity index (χ4n) is 1.41. The smallest absolute Gasteiger partial charge is 0.150 e. The lowest BCUT2D eigenvalue weighted by molar-refractivity contribution is 1.13. The van der Waals surface area contributed by atoms with Gasteiger partial charge < -0.3 is 9.72 Å². The summed E-state index contributed by atoms with van der Waals surface area (Å²) in [5.41, 5.74) is 2.40. The van der Waals surface area contributed by atoms with Crippen LogP contribution in [0.25, 0.3) is 5.52 Å². The van der Waals surface area contributed by atoms with Crippen molar-refractivity contribution < 1.29 is 0 Å². The Balaban J connectivity index is 2.84. The van der Waals surface area contributed by atoms with E-state index in [4.69, 9.17) is 0 Å². The molecule has 0 unspecified atom stereocenters. The van der Waals surface area contributed by atoms with Gasteiger partial charge in [-0.2, -0.15) is 0 Å². The first kappa shape index (κ1) is 7.16. The first-order valence-corrected chi connectivity index (χ1v) is 3.93. The summed E-state index contributed by atoms with van der Waals surface area (Å²) in [6.07, 6.45) is 5.77. The van der Waals surface area contributed by atoms with Crippen LogP contribution >= 0.6 is 0 Å². The molecule has 0 aliphatic carbocycles. The van der Waals surface area contributed by atoms with Gasteiger partial charge in [0.2, 0.25) is 0 Å². The Bertz CT molecular complexity index is 403. The average molecular weight is 161 g/mol. The van der Waals surface area contributed by atoms with Crippen LogP contribution in [0.15, 0.2) is 24.7 Å². The summed E-state index contributed by atoms with van der Waals surface area (Å²) in [6, 6.07) is 2.08. The van der Waals surface area contributed by atoms with Crippen molar-refractivity contribution in [3.8, 4) is 0 Å². The van der Waals surface area contributed by atoms with Crippen LogP contribution in [0.5, 0.6) is 0 Å². The van der Waals surface area contributed by atoms with Gasteiger partial charge >= 0.3 is 0 Å². The number of aryl methyl sites for hydroxylation is 1. The van der Waals surface area contributed by atoms with Crippen LogP contribution in [-0.2, 0) is 0 Å². The van der Waals surface area contributed by atoms with E-state index < -0.39 is 0 Å². The SMILES string of the molecule is CNc1nccn2ccc(C)c12. The van der Waals surface area contributed by atoms with Crippen molar-refractivity contribution in [2.24, 2.45) is 0 Å². The fraction of sp³-hybridized carbons (Fsp3) is 0.222. The third-order valence-electron chi connectivity index (χ3n) is 2.01. The Morgan fingerprint density at radius 2 is 2.25 bits per heavy atom. The van der Waals surface area contributed by atoms with Crippen molar-refractivity contribution in [3.05, 3.63) is 30.2 Å². The van der Waals surface area contributed by atoms with Crippen molar-refractivity contribution in [1.82, 2.24) is 9.38 Å². The van der Waals surface area contributed by atoms with Crippen LogP contribution in [0.1, 0.15) is 5.56 Å². The maximum atomic E-state index is 4.23. The molecular formula is C9H11N3. The summed E-state index contributed by atoms with van der Waals surface area (Å²) in [5, 5.41) is 3.06. The van der Waals surface area contributed by atoms with Gasteiger partial charge in [-0.15, -0.1) is 0 Å². The van der Waals surface area contributed by atoms with Gasteiger partial charge in [-0.05, 0) is 18.6 Å². The van der Waals surface area contributed by atoms with E-state index in [0.717, 1.165) is 11.3 Å². The third kappa shape index (κ3) is 0.863. The van der Waals surface area contributed by atoms with Gasteiger partial charge in [0, 0.05) is 25.6 Å². The Morgan fingerprint density at radius 3 is 3.00 bits per heavy atom. The number of nitrogens with one attached hydrogen (secondary N) is 1. The third-order valence-corrected chi connectivity index (χ3v) is 2.01. The van der Waals surface area contributed by atoms with Gasteiger partial charge in [0.05, 0.1) is 5.52 Å². The Labute approximate surface area is 71.0 Å². The minimum absolute atomic E-state index is 0.931. The molecule has 1 N–H and O–H groups in total. The van der Waals surface area contributed by atoms with Crippen molar-refractivity contribution in [2.45, 2.75) is 6.92 Å². The molecule has 0 aliphatic heterocycles. The van der Waals surface area contributed by atoms with E-state index in [0.29, 0.717) is 0 Å². The normalized spacial score (nSPS) is 10.5.